The van der Waals surface area contributed by atoms with Crippen LogP contribution >= 0.6 is 0 Å². The van der Waals surface area contributed by atoms with Crippen molar-refractivity contribution >= 4 is 5.69 Å². The van der Waals surface area contributed by atoms with E-state index in [1.807, 2.05) is 0 Å². The quantitative estimate of drug-likeness (QED) is 0.563. The van der Waals surface area contributed by atoms with Crippen LogP contribution in [0.3, 0.4) is 0 Å². The van der Waals surface area contributed by atoms with Gasteiger partial charge in [0.1, 0.15) is 5.75 Å². The largest absolute Gasteiger partial charge is 0.507 e. The van der Waals surface area contributed by atoms with Crippen molar-refractivity contribution in [1.82, 2.24) is 0 Å². The van der Waals surface area contributed by atoms with Crippen molar-refractivity contribution in [3.63, 3.8) is 0 Å². The third-order valence-corrected chi connectivity index (χ3v) is 1.82. The monoisotopic (exact) mass is 197 g/mol. The lowest BCUT2D eigenvalue weighted by Crippen LogP contribution is -2.06. The summed E-state index contributed by atoms with van der Waals surface area (Å²) in [6.45, 7) is 1.51. The molecule has 0 heterocycles. The van der Waals surface area contributed by atoms with E-state index < -0.39 is 11.0 Å². The SMILES string of the molecule is CC(O)Cc1c(O)cccc1[N+](=O)[O-]. The number of phenolic OH excluding ortho intramolecular Hbond substituents is 1. The second kappa shape index (κ2) is 4.06. The zero-order valence-corrected chi connectivity index (χ0v) is 7.67. The fourth-order valence-corrected chi connectivity index (χ4v) is 1.24. The van der Waals surface area contributed by atoms with Gasteiger partial charge in [-0.15, -0.1) is 0 Å². The average Bonchev–Trinajstić information content (AvgIpc) is 2.07. The van der Waals surface area contributed by atoms with Gasteiger partial charge >= 0.3 is 0 Å². The minimum atomic E-state index is -0.720. The zero-order chi connectivity index (χ0) is 10.7. The molecule has 5 nitrogen and oxygen atoms in total. The van der Waals surface area contributed by atoms with Gasteiger partial charge in [-0.25, -0.2) is 0 Å². The van der Waals surface area contributed by atoms with Crippen molar-refractivity contribution < 1.29 is 15.1 Å². The number of nitro benzene ring substituents is 1. The van der Waals surface area contributed by atoms with Crippen LogP contribution in [0.2, 0.25) is 0 Å². The highest BCUT2D eigenvalue weighted by Gasteiger charge is 2.18. The van der Waals surface area contributed by atoms with Crippen LogP contribution in [0, 0.1) is 10.1 Å². The molecule has 0 bridgehead atoms. The molecule has 1 unspecified atom stereocenters. The lowest BCUT2D eigenvalue weighted by Gasteiger charge is -2.06. The summed E-state index contributed by atoms with van der Waals surface area (Å²) in [5.41, 5.74) is 0.0124. The molecule has 1 aromatic rings. The number of benzene rings is 1. The normalized spacial score (nSPS) is 12.4. The van der Waals surface area contributed by atoms with Crippen LogP contribution in [0.4, 0.5) is 5.69 Å². The molecule has 0 saturated carbocycles. The van der Waals surface area contributed by atoms with Gasteiger partial charge in [-0.2, -0.15) is 0 Å². The molecule has 0 aromatic heterocycles. The van der Waals surface area contributed by atoms with Crippen LogP contribution in [0.25, 0.3) is 0 Å². The van der Waals surface area contributed by atoms with Gasteiger partial charge in [-0.3, -0.25) is 10.1 Å². The minimum Gasteiger partial charge on any atom is -0.507 e. The second-order valence-electron chi connectivity index (χ2n) is 3.09. The zero-order valence-electron chi connectivity index (χ0n) is 7.67. The number of aromatic hydroxyl groups is 1. The van der Waals surface area contributed by atoms with Gasteiger partial charge in [0.25, 0.3) is 5.69 Å². The van der Waals surface area contributed by atoms with Crippen molar-refractivity contribution in [3.8, 4) is 5.75 Å². The number of nitrogens with zero attached hydrogens (tertiary/aromatic N) is 1. The Labute approximate surface area is 80.8 Å². The topological polar surface area (TPSA) is 83.6 Å². The van der Waals surface area contributed by atoms with Crippen LogP contribution in [0.1, 0.15) is 12.5 Å². The predicted molar refractivity (Wildman–Crippen MR) is 50.1 cm³/mol. The standard InChI is InChI=1S/C9H11NO4/c1-6(11)5-7-8(10(13)14)3-2-4-9(7)12/h2-4,6,11-12H,5H2,1H3. The summed E-state index contributed by atoms with van der Waals surface area (Å²) in [6, 6.07) is 4.07. The number of hydrogen-bond donors (Lipinski definition) is 2. The molecule has 0 spiro atoms. The molecule has 1 aromatic carbocycles. The Balaban J connectivity index is 3.15. The van der Waals surface area contributed by atoms with E-state index in [2.05, 4.69) is 0 Å². The molecular formula is C9H11NO4. The fraction of sp³-hybridized carbons (Fsp3) is 0.333. The highest BCUT2D eigenvalue weighted by molar-refractivity contribution is 5.48. The Bertz CT molecular complexity index is 349. The summed E-state index contributed by atoms with van der Waals surface area (Å²) in [4.78, 5) is 10.00. The number of rotatable bonds is 3. The van der Waals surface area contributed by atoms with Crippen LogP contribution in [-0.4, -0.2) is 21.2 Å². The molecule has 0 radical (unpaired) electrons. The Morgan fingerprint density at radius 1 is 1.57 bits per heavy atom. The van der Waals surface area contributed by atoms with Crippen LogP contribution in [-0.2, 0) is 6.42 Å². The Morgan fingerprint density at radius 3 is 2.71 bits per heavy atom. The van der Waals surface area contributed by atoms with Crippen molar-refractivity contribution in [1.29, 1.82) is 0 Å². The third-order valence-electron chi connectivity index (χ3n) is 1.82. The third kappa shape index (κ3) is 2.20. The van der Waals surface area contributed by atoms with Gasteiger partial charge in [-0.05, 0) is 13.0 Å². The first kappa shape index (κ1) is 10.5. The molecule has 0 aliphatic heterocycles. The highest BCUT2D eigenvalue weighted by Crippen LogP contribution is 2.28. The number of aliphatic hydroxyl groups excluding tert-OH is 1. The van der Waals surface area contributed by atoms with Gasteiger partial charge in [0, 0.05) is 12.5 Å². The van der Waals surface area contributed by atoms with E-state index in [1.165, 1.54) is 25.1 Å². The summed E-state index contributed by atoms with van der Waals surface area (Å²) in [7, 11) is 0. The van der Waals surface area contributed by atoms with Gasteiger partial charge in [0.15, 0.2) is 0 Å². The van der Waals surface area contributed by atoms with E-state index >= 15 is 0 Å². The van der Waals surface area contributed by atoms with Crippen molar-refractivity contribution in [3.05, 3.63) is 33.9 Å². The van der Waals surface area contributed by atoms with E-state index in [0.717, 1.165) is 0 Å². The van der Waals surface area contributed by atoms with Crippen LogP contribution in [0.5, 0.6) is 5.75 Å². The van der Waals surface area contributed by atoms with Crippen LogP contribution in [0.15, 0.2) is 18.2 Å². The van der Waals surface area contributed by atoms with Crippen LogP contribution < -0.4 is 0 Å². The minimum absolute atomic E-state index is 0.0724. The van der Waals surface area contributed by atoms with E-state index in [4.69, 9.17) is 5.11 Å². The molecule has 76 valence electrons. The molecule has 5 heteroatoms. The maximum absolute atomic E-state index is 10.6. The number of phenols is 1. The summed E-state index contributed by atoms with van der Waals surface area (Å²) in [5, 5.41) is 29.0. The van der Waals surface area contributed by atoms with Crippen molar-refractivity contribution in [2.75, 3.05) is 0 Å². The summed E-state index contributed by atoms with van der Waals surface area (Å²) >= 11 is 0. The molecule has 2 N–H and O–H groups in total. The summed E-state index contributed by atoms with van der Waals surface area (Å²) in [6.07, 6.45) is -0.648. The summed E-state index contributed by atoms with van der Waals surface area (Å²) < 4.78 is 0. The maximum Gasteiger partial charge on any atom is 0.276 e. The van der Waals surface area contributed by atoms with Crippen molar-refractivity contribution in [2.45, 2.75) is 19.4 Å². The average molecular weight is 197 g/mol. The maximum atomic E-state index is 10.6. The van der Waals surface area contributed by atoms with Crippen molar-refractivity contribution in [2.24, 2.45) is 0 Å². The van der Waals surface area contributed by atoms with E-state index in [0.29, 0.717) is 0 Å². The molecular weight excluding hydrogens is 186 g/mol. The van der Waals surface area contributed by atoms with E-state index in [-0.39, 0.29) is 23.4 Å². The number of nitro groups is 1. The fourth-order valence-electron chi connectivity index (χ4n) is 1.24. The van der Waals surface area contributed by atoms with Gasteiger partial charge in [-0.1, -0.05) is 6.07 Å². The number of aliphatic hydroxyl groups is 1. The summed E-state index contributed by atoms with van der Waals surface area (Å²) in [5.74, 6) is -0.153. The molecule has 0 amide bonds. The molecule has 1 atom stereocenters. The first-order chi connectivity index (χ1) is 6.52. The lowest BCUT2D eigenvalue weighted by molar-refractivity contribution is -0.385. The Hall–Kier alpha value is -1.62. The molecule has 0 fully saturated rings. The van der Waals surface area contributed by atoms with Gasteiger partial charge in [0.2, 0.25) is 0 Å². The smallest absolute Gasteiger partial charge is 0.276 e. The van der Waals surface area contributed by atoms with E-state index in [9.17, 15) is 15.2 Å². The van der Waals surface area contributed by atoms with Gasteiger partial charge < -0.3 is 10.2 Å². The number of hydrogen-bond acceptors (Lipinski definition) is 4. The Kier molecular flexibility index (Phi) is 3.03. The molecule has 0 aliphatic carbocycles. The highest BCUT2D eigenvalue weighted by atomic mass is 16.6. The van der Waals surface area contributed by atoms with Gasteiger partial charge in [0.05, 0.1) is 16.6 Å². The molecule has 14 heavy (non-hydrogen) atoms. The predicted octanol–water partition coefficient (Wildman–Crippen LogP) is 1.22. The second-order valence-corrected chi connectivity index (χ2v) is 3.09. The first-order valence-corrected chi connectivity index (χ1v) is 4.15. The molecule has 0 saturated heterocycles. The first-order valence-electron chi connectivity index (χ1n) is 4.15. The Morgan fingerprint density at radius 2 is 2.21 bits per heavy atom. The molecule has 1 rings (SSSR count). The van der Waals surface area contributed by atoms with E-state index in [1.54, 1.807) is 0 Å². The molecule has 0 aliphatic rings. The lowest BCUT2D eigenvalue weighted by atomic mass is 10.1.